The third-order valence-electron chi connectivity index (χ3n) is 8.13. The van der Waals surface area contributed by atoms with Gasteiger partial charge in [0.2, 0.25) is 0 Å². The predicted octanol–water partition coefficient (Wildman–Crippen LogP) is 7.30. The molecule has 8 heteroatoms. The summed E-state index contributed by atoms with van der Waals surface area (Å²) in [5.41, 5.74) is 0.421. The minimum Gasteiger partial charge on any atom is -0.497 e. The normalized spacial score (nSPS) is 12.6. The van der Waals surface area contributed by atoms with Crippen molar-refractivity contribution in [3.05, 3.63) is 131 Å². The van der Waals surface area contributed by atoms with Crippen molar-refractivity contribution in [1.82, 2.24) is 0 Å². The van der Waals surface area contributed by atoms with Crippen LogP contribution in [-0.2, 0) is 40.7 Å². The first kappa shape index (κ1) is 36.3. The van der Waals surface area contributed by atoms with Gasteiger partial charge in [-0.3, -0.25) is 0 Å². The zero-order valence-corrected chi connectivity index (χ0v) is 28.6. The van der Waals surface area contributed by atoms with Crippen LogP contribution in [0.25, 0.3) is 0 Å². The second-order valence-electron chi connectivity index (χ2n) is 12.5. The summed E-state index contributed by atoms with van der Waals surface area (Å²) in [6.45, 7) is 7.45. The summed E-state index contributed by atoms with van der Waals surface area (Å²) in [4.78, 5) is 25.2. The van der Waals surface area contributed by atoms with E-state index in [1.807, 2.05) is 123 Å². The summed E-state index contributed by atoms with van der Waals surface area (Å²) >= 11 is 0. The largest absolute Gasteiger partial charge is 0.497 e. The predicted molar refractivity (Wildman–Crippen MR) is 184 cm³/mol. The van der Waals surface area contributed by atoms with Crippen LogP contribution >= 0.6 is 0 Å². The van der Waals surface area contributed by atoms with Crippen molar-refractivity contribution in [3.8, 4) is 11.5 Å². The summed E-state index contributed by atoms with van der Waals surface area (Å²) < 4.78 is 35.5. The molecule has 0 spiro atoms. The van der Waals surface area contributed by atoms with Gasteiger partial charge in [-0.25, -0.2) is 4.79 Å². The molecule has 0 N–H and O–H groups in total. The molecule has 0 saturated carbocycles. The van der Waals surface area contributed by atoms with Crippen LogP contribution in [0.4, 0.5) is 0 Å². The van der Waals surface area contributed by atoms with E-state index in [0.29, 0.717) is 17.9 Å². The average Bonchev–Trinajstić information content (AvgIpc) is 3.11. The highest BCUT2D eigenvalue weighted by atomic mass is 16.6. The molecule has 0 radical (unpaired) electrons. The van der Waals surface area contributed by atoms with E-state index in [1.165, 1.54) is 0 Å². The van der Waals surface area contributed by atoms with Crippen molar-refractivity contribution < 1.29 is 38.0 Å². The lowest BCUT2D eigenvalue weighted by Crippen LogP contribution is -2.41. The molecule has 254 valence electrons. The Labute approximate surface area is 283 Å². The smallest absolute Gasteiger partial charge is 0.338 e. The van der Waals surface area contributed by atoms with Crippen LogP contribution in [-0.4, -0.2) is 57.0 Å². The quantitative estimate of drug-likeness (QED) is 0.0627. The highest BCUT2D eigenvalue weighted by molar-refractivity contribution is 5.78. The topological polar surface area (TPSA) is 89.5 Å². The second kappa shape index (κ2) is 16.6. The number of carbonyl (C=O) groups excluding carboxylic acids is 2. The van der Waals surface area contributed by atoms with Crippen molar-refractivity contribution in [2.75, 3.05) is 27.4 Å². The fourth-order valence-corrected chi connectivity index (χ4v) is 5.36. The van der Waals surface area contributed by atoms with Gasteiger partial charge in [0.15, 0.2) is 11.9 Å². The van der Waals surface area contributed by atoms with Crippen LogP contribution in [0.1, 0.15) is 56.4 Å². The standard InChI is InChI=1S/C40H46O8/c1-38(2,25-26-46-39(3,4)37(42)45-28-30-13-9-7-10-14-30)48-36(27-41)29-47-40(31-15-11-8-12-16-31,32-17-21-34(43-5)22-18-32)33-19-23-35(44-6)24-20-33/h7-24,27,36H,25-26,28-29H2,1-6H3/t36-/m0/s1. The molecule has 1 atom stereocenters. The van der Waals surface area contributed by atoms with Crippen LogP contribution in [0, 0.1) is 0 Å². The molecule has 0 heterocycles. The Morgan fingerprint density at radius 1 is 0.688 bits per heavy atom. The van der Waals surface area contributed by atoms with Crippen molar-refractivity contribution in [2.24, 2.45) is 0 Å². The van der Waals surface area contributed by atoms with E-state index < -0.39 is 28.9 Å². The van der Waals surface area contributed by atoms with Gasteiger partial charge in [-0.2, -0.15) is 0 Å². The molecule has 0 fully saturated rings. The van der Waals surface area contributed by atoms with Crippen molar-refractivity contribution in [1.29, 1.82) is 0 Å². The summed E-state index contributed by atoms with van der Waals surface area (Å²) in [6.07, 6.45) is 0.266. The van der Waals surface area contributed by atoms with Gasteiger partial charge >= 0.3 is 5.97 Å². The molecule has 0 aliphatic rings. The number of esters is 1. The van der Waals surface area contributed by atoms with Gasteiger partial charge in [-0.1, -0.05) is 84.9 Å². The van der Waals surface area contributed by atoms with E-state index in [0.717, 1.165) is 28.5 Å². The molecule has 48 heavy (non-hydrogen) atoms. The highest BCUT2D eigenvalue weighted by Crippen LogP contribution is 2.42. The number of aldehydes is 1. The second-order valence-corrected chi connectivity index (χ2v) is 12.5. The molecule has 0 amide bonds. The molecular weight excluding hydrogens is 608 g/mol. The number of carbonyl (C=O) groups is 2. The molecule has 0 bridgehead atoms. The van der Waals surface area contributed by atoms with Crippen molar-refractivity contribution in [3.63, 3.8) is 0 Å². The molecule has 4 rings (SSSR count). The van der Waals surface area contributed by atoms with Crippen LogP contribution in [0.3, 0.4) is 0 Å². The van der Waals surface area contributed by atoms with Crippen LogP contribution < -0.4 is 9.47 Å². The maximum Gasteiger partial charge on any atom is 0.338 e. The Bertz CT molecular complexity index is 1520. The molecular formula is C40H46O8. The maximum atomic E-state index is 12.8. The number of benzene rings is 4. The highest BCUT2D eigenvalue weighted by Gasteiger charge is 2.39. The van der Waals surface area contributed by atoms with Crippen molar-refractivity contribution >= 4 is 12.3 Å². The number of hydrogen-bond acceptors (Lipinski definition) is 8. The van der Waals surface area contributed by atoms with E-state index in [4.69, 9.17) is 28.4 Å². The van der Waals surface area contributed by atoms with Crippen LogP contribution in [0.5, 0.6) is 11.5 Å². The third-order valence-corrected chi connectivity index (χ3v) is 8.13. The van der Waals surface area contributed by atoms with Gasteiger partial charge in [0.1, 0.15) is 29.8 Å². The fourth-order valence-electron chi connectivity index (χ4n) is 5.36. The molecule has 0 aliphatic carbocycles. The van der Waals surface area contributed by atoms with E-state index in [9.17, 15) is 9.59 Å². The van der Waals surface area contributed by atoms with E-state index in [1.54, 1.807) is 28.1 Å². The minimum absolute atomic E-state index is 0.0436. The van der Waals surface area contributed by atoms with Gasteiger partial charge in [0.25, 0.3) is 0 Å². The number of hydrogen-bond donors (Lipinski definition) is 0. The number of rotatable bonds is 18. The summed E-state index contributed by atoms with van der Waals surface area (Å²) in [5, 5.41) is 0. The van der Waals surface area contributed by atoms with E-state index >= 15 is 0 Å². The Morgan fingerprint density at radius 3 is 1.69 bits per heavy atom. The SMILES string of the molecule is COc1ccc(C(OC[C@H](C=O)OC(C)(C)CCOC(C)(C)C(=O)OCc2ccccc2)(c2ccccc2)c2ccc(OC)cc2)cc1. The fraction of sp³-hybridized carbons (Fsp3) is 0.350. The molecule has 0 unspecified atom stereocenters. The van der Waals surface area contributed by atoms with Gasteiger partial charge < -0.3 is 33.2 Å². The zero-order chi connectivity index (χ0) is 34.6. The molecule has 0 aromatic heterocycles. The lowest BCUT2D eigenvalue weighted by atomic mass is 9.80. The Hall–Kier alpha value is -4.50. The molecule has 4 aromatic rings. The lowest BCUT2D eigenvalue weighted by molar-refractivity contribution is -0.173. The first-order chi connectivity index (χ1) is 23.0. The molecule has 0 aliphatic heterocycles. The van der Waals surface area contributed by atoms with Crippen LogP contribution in [0.15, 0.2) is 109 Å². The van der Waals surface area contributed by atoms with Gasteiger partial charge in [0.05, 0.1) is 33.0 Å². The average molecular weight is 655 g/mol. The summed E-state index contributed by atoms with van der Waals surface area (Å²) in [7, 11) is 3.24. The van der Waals surface area contributed by atoms with E-state index in [-0.39, 0.29) is 19.8 Å². The number of methoxy groups -OCH3 is 2. The Kier molecular flexibility index (Phi) is 12.5. The Morgan fingerprint density at radius 2 is 1.19 bits per heavy atom. The van der Waals surface area contributed by atoms with Gasteiger partial charge in [-0.15, -0.1) is 0 Å². The molecule has 8 nitrogen and oxygen atoms in total. The third kappa shape index (κ3) is 9.31. The maximum absolute atomic E-state index is 12.8. The monoisotopic (exact) mass is 654 g/mol. The van der Waals surface area contributed by atoms with E-state index in [2.05, 4.69) is 0 Å². The number of ether oxygens (including phenoxy) is 6. The summed E-state index contributed by atoms with van der Waals surface area (Å²) in [6, 6.07) is 34.7. The molecule has 0 saturated heterocycles. The first-order valence-corrected chi connectivity index (χ1v) is 16.0. The zero-order valence-electron chi connectivity index (χ0n) is 28.6. The van der Waals surface area contributed by atoms with Gasteiger partial charge in [-0.05, 0) is 80.6 Å². The van der Waals surface area contributed by atoms with Gasteiger partial charge in [0, 0.05) is 0 Å². The first-order valence-electron chi connectivity index (χ1n) is 16.0. The minimum atomic E-state index is -1.16. The lowest BCUT2D eigenvalue weighted by Gasteiger charge is -2.37. The summed E-state index contributed by atoms with van der Waals surface area (Å²) in [5.74, 6) is 0.959. The Balaban J connectivity index is 1.49. The molecule has 4 aromatic carbocycles. The van der Waals surface area contributed by atoms with Crippen LogP contribution in [0.2, 0.25) is 0 Å². The van der Waals surface area contributed by atoms with Crippen molar-refractivity contribution in [2.45, 2.75) is 63.6 Å².